The Balaban J connectivity index is 0.000000873. The van der Waals surface area contributed by atoms with Crippen LogP contribution in [-0.4, -0.2) is 36.0 Å². The lowest BCUT2D eigenvalue weighted by Gasteiger charge is -2.17. The fourth-order valence-electron chi connectivity index (χ4n) is 3.54. The molecule has 0 aromatic heterocycles. The van der Waals surface area contributed by atoms with Crippen LogP contribution in [-0.2, 0) is 20.9 Å². The van der Waals surface area contributed by atoms with Gasteiger partial charge in [-0.1, -0.05) is 75.8 Å². The lowest BCUT2D eigenvalue weighted by atomic mass is 9.93. The van der Waals surface area contributed by atoms with Crippen molar-refractivity contribution in [3.63, 3.8) is 0 Å². The molecule has 1 unspecified atom stereocenters. The molecule has 0 radical (unpaired) electrons. The molecule has 1 aromatic carbocycles. The maximum Gasteiger partial charge on any atom is 0.244 e. The quantitative estimate of drug-likeness (QED) is 0.235. The summed E-state index contributed by atoms with van der Waals surface area (Å²) in [6, 6.07) is 7.79. The van der Waals surface area contributed by atoms with E-state index in [4.69, 9.17) is 5.21 Å². The SMILES string of the molecule is C/C=C1\C=C/CCN/C=C\1C.CC.Cc1ccc(CNC(=O)CNC(=O)C(CC(=O)NO)CC(C)C)cc1. The van der Waals surface area contributed by atoms with Crippen molar-refractivity contribution in [3.05, 3.63) is 71.0 Å². The van der Waals surface area contributed by atoms with Gasteiger partial charge in [-0.2, -0.15) is 0 Å². The predicted octanol–water partition coefficient (Wildman–Crippen LogP) is 4.70. The Kier molecular flexibility index (Phi) is 18.8. The van der Waals surface area contributed by atoms with E-state index in [-0.39, 0.29) is 30.7 Å². The van der Waals surface area contributed by atoms with Crippen molar-refractivity contribution in [3.8, 4) is 0 Å². The fourth-order valence-corrected chi connectivity index (χ4v) is 3.54. The van der Waals surface area contributed by atoms with Crippen LogP contribution >= 0.6 is 0 Å². The molecule has 8 nitrogen and oxygen atoms in total. The number of allylic oxidation sites excluding steroid dienone is 4. The number of carbonyl (C=O) groups is 3. The molecule has 0 saturated carbocycles. The predicted molar refractivity (Wildman–Crippen MR) is 154 cm³/mol. The highest BCUT2D eigenvalue weighted by atomic mass is 16.5. The molecule has 212 valence electrons. The molecule has 5 N–H and O–H groups in total. The standard InChI is InChI=1S/C18H27N3O4.C10H15N.C2H6/c1-12(2)8-15(9-16(22)21-25)18(24)20-11-17(23)19-10-14-6-4-13(3)5-7-14;1-3-10-6-4-5-7-11-8-9(10)2;1-2/h4-7,12,15,25H,8-11H2,1-3H3,(H,19,23)(H,20,24)(H,21,22);3-4,6,8,11H,5,7H2,1-2H3;1-2H3/b;6-4-,9-8-,10-3+;. The van der Waals surface area contributed by atoms with Crippen LogP contribution in [0.3, 0.4) is 0 Å². The summed E-state index contributed by atoms with van der Waals surface area (Å²) >= 11 is 0. The number of benzene rings is 1. The zero-order chi connectivity index (χ0) is 28.9. The monoisotopic (exact) mass is 528 g/mol. The lowest BCUT2D eigenvalue weighted by molar-refractivity contribution is -0.135. The van der Waals surface area contributed by atoms with Crippen molar-refractivity contribution in [1.29, 1.82) is 0 Å². The van der Waals surface area contributed by atoms with Crippen LogP contribution in [0.4, 0.5) is 0 Å². The first-order valence-corrected chi connectivity index (χ1v) is 13.4. The van der Waals surface area contributed by atoms with Crippen molar-refractivity contribution in [1.82, 2.24) is 21.4 Å². The average molecular weight is 529 g/mol. The number of amides is 3. The summed E-state index contributed by atoms with van der Waals surface area (Å²) in [7, 11) is 0. The highest BCUT2D eigenvalue weighted by Crippen LogP contribution is 2.16. The molecule has 0 fully saturated rings. The van der Waals surface area contributed by atoms with Gasteiger partial charge >= 0.3 is 0 Å². The molecule has 1 aliphatic heterocycles. The first-order valence-electron chi connectivity index (χ1n) is 13.4. The maximum atomic E-state index is 12.2. The Morgan fingerprint density at radius 3 is 2.29 bits per heavy atom. The van der Waals surface area contributed by atoms with Crippen molar-refractivity contribution >= 4 is 17.7 Å². The van der Waals surface area contributed by atoms with E-state index < -0.39 is 11.8 Å². The van der Waals surface area contributed by atoms with Gasteiger partial charge in [0.15, 0.2) is 0 Å². The van der Waals surface area contributed by atoms with E-state index in [1.807, 2.05) is 58.9 Å². The highest BCUT2D eigenvalue weighted by Gasteiger charge is 2.23. The number of hydrogen-bond acceptors (Lipinski definition) is 5. The molecular weight excluding hydrogens is 480 g/mol. The van der Waals surface area contributed by atoms with Crippen molar-refractivity contribution < 1.29 is 19.6 Å². The second kappa shape index (κ2) is 20.6. The smallest absolute Gasteiger partial charge is 0.244 e. The molecule has 0 spiro atoms. The molecule has 0 saturated heterocycles. The molecule has 0 aliphatic carbocycles. The summed E-state index contributed by atoms with van der Waals surface area (Å²) in [6.07, 6.45) is 10.1. The van der Waals surface area contributed by atoms with Crippen LogP contribution in [0.2, 0.25) is 0 Å². The number of aryl methyl sites for hydroxylation is 1. The van der Waals surface area contributed by atoms with Gasteiger partial charge in [-0.25, -0.2) is 5.48 Å². The van der Waals surface area contributed by atoms with Crippen LogP contribution in [0, 0.1) is 18.8 Å². The van der Waals surface area contributed by atoms with Gasteiger partial charge in [0.25, 0.3) is 0 Å². The summed E-state index contributed by atoms with van der Waals surface area (Å²) in [5, 5.41) is 17.1. The van der Waals surface area contributed by atoms with Gasteiger partial charge < -0.3 is 16.0 Å². The molecule has 0 bridgehead atoms. The van der Waals surface area contributed by atoms with Gasteiger partial charge in [0.05, 0.1) is 6.54 Å². The highest BCUT2D eigenvalue weighted by molar-refractivity contribution is 5.88. The minimum absolute atomic E-state index is 0.120. The lowest BCUT2D eigenvalue weighted by Crippen LogP contribution is -2.41. The molecule has 1 heterocycles. The van der Waals surface area contributed by atoms with E-state index in [1.165, 1.54) is 16.6 Å². The third-order valence-electron chi connectivity index (χ3n) is 5.55. The first kappa shape index (κ1) is 34.6. The van der Waals surface area contributed by atoms with Gasteiger partial charge in [0.2, 0.25) is 17.7 Å². The number of hydrogen-bond donors (Lipinski definition) is 5. The van der Waals surface area contributed by atoms with Gasteiger partial charge in [0.1, 0.15) is 0 Å². The number of rotatable bonds is 9. The molecule has 2 rings (SSSR count). The number of carbonyl (C=O) groups excluding carboxylic acids is 3. The van der Waals surface area contributed by atoms with E-state index in [9.17, 15) is 14.4 Å². The Hall–Kier alpha value is -3.39. The minimum atomic E-state index is -0.621. The summed E-state index contributed by atoms with van der Waals surface area (Å²) in [4.78, 5) is 35.4. The van der Waals surface area contributed by atoms with Crippen LogP contribution in [0.1, 0.15) is 71.9 Å². The molecule has 3 amide bonds. The van der Waals surface area contributed by atoms with Crippen molar-refractivity contribution in [2.75, 3.05) is 13.1 Å². The van der Waals surface area contributed by atoms with E-state index >= 15 is 0 Å². The number of hydroxylamine groups is 1. The van der Waals surface area contributed by atoms with Crippen LogP contribution in [0.25, 0.3) is 0 Å². The van der Waals surface area contributed by atoms with Crippen molar-refractivity contribution in [2.24, 2.45) is 11.8 Å². The van der Waals surface area contributed by atoms with E-state index in [0.29, 0.717) is 13.0 Å². The second-order valence-electron chi connectivity index (χ2n) is 9.26. The zero-order valence-electron chi connectivity index (χ0n) is 24.2. The van der Waals surface area contributed by atoms with E-state index in [2.05, 4.69) is 54.2 Å². The number of nitrogens with one attached hydrogen (secondary N) is 4. The van der Waals surface area contributed by atoms with E-state index in [1.54, 1.807) is 0 Å². The van der Waals surface area contributed by atoms with Gasteiger partial charge in [-0.15, -0.1) is 0 Å². The normalized spacial score (nSPS) is 16.4. The van der Waals surface area contributed by atoms with Crippen molar-refractivity contribution in [2.45, 2.75) is 74.3 Å². The Morgan fingerprint density at radius 1 is 1.05 bits per heavy atom. The minimum Gasteiger partial charge on any atom is -0.390 e. The molecular formula is C30H48N4O4. The second-order valence-corrected chi connectivity index (χ2v) is 9.26. The Bertz CT molecular complexity index is 934. The third kappa shape index (κ3) is 15.7. The molecule has 38 heavy (non-hydrogen) atoms. The van der Waals surface area contributed by atoms with E-state index in [0.717, 1.165) is 24.1 Å². The van der Waals surface area contributed by atoms with Crippen LogP contribution in [0.5, 0.6) is 0 Å². The first-order chi connectivity index (χ1) is 18.2. The molecule has 8 heteroatoms. The molecule has 1 aromatic rings. The maximum absolute atomic E-state index is 12.2. The van der Waals surface area contributed by atoms with Crippen LogP contribution < -0.4 is 21.4 Å². The van der Waals surface area contributed by atoms with Gasteiger partial charge in [0, 0.05) is 25.4 Å². The fraction of sp³-hybridized carbons (Fsp3) is 0.500. The van der Waals surface area contributed by atoms with Gasteiger partial charge in [-0.05, 0) is 62.4 Å². The summed E-state index contributed by atoms with van der Waals surface area (Å²) in [5.41, 5.74) is 6.28. The summed E-state index contributed by atoms with van der Waals surface area (Å²) in [6.45, 7) is 15.3. The molecule has 1 atom stereocenters. The van der Waals surface area contributed by atoms with Gasteiger partial charge in [-0.3, -0.25) is 19.6 Å². The zero-order valence-corrected chi connectivity index (χ0v) is 24.2. The summed E-state index contributed by atoms with van der Waals surface area (Å²) < 4.78 is 0. The Morgan fingerprint density at radius 2 is 1.71 bits per heavy atom. The largest absolute Gasteiger partial charge is 0.390 e. The topological polar surface area (TPSA) is 120 Å². The molecule has 1 aliphatic rings. The van der Waals surface area contributed by atoms with Crippen LogP contribution in [0.15, 0.2) is 59.8 Å². The average Bonchev–Trinajstić information content (AvgIpc) is 2.90. The summed E-state index contributed by atoms with van der Waals surface area (Å²) in [5.74, 6) is -1.68. The Labute approximate surface area is 229 Å². The third-order valence-corrected chi connectivity index (χ3v) is 5.55.